The van der Waals surface area contributed by atoms with Crippen LogP contribution in [0, 0.1) is 11.3 Å². The van der Waals surface area contributed by atoms with Gasteiger partial charge in [-0.2, -0.15) is 5.26 Å². The molecular weight excluding hydrogens is 450 g/mol. The van der Waals surface area contributed by atoms with Crippen LogP contribution in [0.1, 0.15) is 36.8 Å². The molecule has 1 saturated heterocycles. The first-order valence-corrected chi connectivity index (χ1v) is 12.6. The van der Waals surface area contributed by atoms with Crippen LogP contribution in [0.3, 0.4) is 0 Å². The van der Waals surface area contributed by atoms with Crippen LogP contribution >= 0.6 is 0 Å². The normalized spacial score (nSPS) is 14.4. The molecule has 0 amide bonds. The second-order valence-corrected chi connectivity index (χ2v) is 9.39. The molecule has 0 bridgehead atoms. The van der Waals surface area contributed by atoms with E-state index in [0.29, 0.717) is 35.4 Å². The molecule has 3 aromatic carbocycles. The maximum Gasteiger partial charge on any atom is 0.124 e. The van der Waals surface area contributed by atoms with Crippen molar-refractivity contribution in [2.45, 2.75) is 32.2 Å². The Bertz CT molecular complexity index is 1380. The molecule has 0 aliphatic carbocycles. The van der Waals surface area contributed by atoms with Crippen LogP contribution in [0.5, 0.6) is 17.2 Å². The van der Waals surface area contributed by atoms with Gasteiger partial charge in [0, 0.05) is 24.0 Å². The highest BCUT2D eigenvalue weighted by atomic mass is 16.5. The van der Waals surface area contributed by atoms with Gasteiger partial charge in [0.25, 0.3) is 0 Å². The Morgan fingerprint density at radius 2 is 1.64 bits per heavy atom. The van der Waals surface area contributed by atoms with Crippen molar-refractivity contribution in [3.63, 3.8) is 0 Å². The van der Waals surface area contributed by atoms with Crippen molar-refractivity contribution >= 4 is 10.9 Å². The van der Waals surface area contributed by atoms with Crippen molar-refractivity contribution in [1.82, 2.24) is 9.47 Å². The van der Waals surface area contributed by atoms with Crippen LogP contribution < -0.4 is 4.74 Å². The largest absolute Gasteiger partial charge is 0.508 e. The van der Waals surface area contributed by atoms with Crippen LogP contribution in [-0.2, 0) is 6.54 Å². The predicted molar refractivity (Wildman–Crippen MR) is 141 cm³/mol. The highest BCUT2D eigenvalue weighted by Crippen LogP contribution is 2.39. The molecule has 184 valence electrons. The SMILES string of the molecule is N#Cc1c(-c2ccccc2O)n(Cc2ccc(OCCN3CCCCCC3)cc2)c2ccc(O)cc12. The summed E-state index contributed by atoms with van der Waals surface area (Å²) in [6.45, 7) is 4.45. The van der Waals surface area contributed by atoms with Crippen molar-refractivity contribution in [3.05, 3.63) is 77.9 Å². The summed E-state index contributed by atoms with van der Waals surface area (Å²) in [7, 11) is 0. The molecule has 4 aromatic rings. The van der Waals surface area contributed by atoms with Crippen molar-refractivity contribution in [3.8, 4) is 34.6 Å². The lowest BCUT2D eigenvalue weighted by molar-refractivity contribution is 0.214. The molecule has 1 fully saturated rings. The quantitative estimate of drug-likeness (QED) is 0.344. The Morgan fingerprint density at radius 3 is 2.36 bits per heavy atom. The van der Waals surface area contributed by atoms with Crippen molar-refractivity contribution in [2.24, 2.45) is 0 Å². The minimum absolute atomic E-state index is 0.0988. The third-order valence-electron chi connectivity index (χ3n) is 6.96. The molecule has 0 atom stereocenters. The summed E-state index contributed by atoms with van der Waals surface area (Å²) in [4.78, 5) is 2.49. The summed E-state index contributed by atoms with van der Waals surface area (Å²) in [6.07, 6.45) is 5.22. The maximum atomic E-state index is 10.6. The minimum atomic E-state index is 0.0988. The van der Waals surface area contributed by atoms with Crippen LogP contribution in [0.15, 0.2) is 66.7 Å². The average Bonchev–Trinajstić information content (AvgIpc) is 3.01. The van der Waals surface area contributed by atoms with Gasteiger partial charge in [-0.05, 0) is 74.0 Å². The van der Waals surface area contributed by atoms with Gasteiger partial charge in [0.05, 0.1) is 16.8 Å². The lowest BCUT2D eigenvalue weighted by Crippen LogP contribution is -2.29. The lowest BCUT2D eigenvalue weighted by atomic mass is 10.0. The molecule has 0 spiro atoms. The molecule has 5 rings (SSSR count). The summed E-state index contributed by atoms with van der Waals surface area (Å²) in [5.41, 5.74) is 3.50. The smallest absolute Gasteiger partial charge is 0.124 e. The number of aromatic hydroxyl groups is 2. The summed E-state index contributed by atoms with van der Waals surface area (Å²) in [6, 6.07) is 22.4. The van der Waals surface area contributed by atoms with Gasteiger partial charge in [-0.25, -0.2) is 0 Å². The molecule has 1 aliphatic heterocycles. The van der Waals surface area contributed by atoms with Crippen LogP contribution in [0.2, 0.25) is 0 Å². The van der Waals surface area contributed by atoms with E-state index in [-0.39, 0.29) is 11.5 Å². The number of rotatable bonds is 7. The van der Waals surface area contributed by atoms with Gasteiger partial charge < -0.3 is 19.5 Å². The Labute approximate surface area is 211 Å². The number of nitriles is 1. The first-order chi connectivity index (χ1) is 17.6. The van der Waals surface area contributed by atoms with Crippen LogP contribution in [0.25, 0.3) is 22.2 Å². The molecule has 6 nitrogen and oxygen atoms in total. The van der Waals surface area contributed by atoms with E-state index in [1.807, 2.05) is 47.0 Å². The topological polar surface area (TPSA) is 81.6 Å². The van der Waals surface area contributed by atoms with E-state index in [9.17, 15) is 15.5 Å². The number of phenols is 2. The summed E-state index contributed by atoms with van der Waals surface area (Å²) in [5, 5.41) is 31.3. The van der Waals surface area contributed by atoms with E-state index in [4.69, 9.17) is 4.74 Å². The highest BCUT2D eigenvalue weighted by Gasteiger charge is 2.21. The molecule has 36 heavy (non-hydrogen) atoms. The Kier molecular flexibility index (Phi) is 7.11. The fraction of sp³-hybridized carbons (Fsp3) is 0.300. The van der Waals surface area contributed by atoms with Gasteiger partial charge in [0.15, 0.2) is 0 Å². The first kappa shape index (κ1) is 23.8. The number of nitrogens with zero attached hydrogens (tertiary/aromatic N) is 3. The molecule has 0 unspecified atom stereocenters. The fourth-order valence-corrected chi connectivity index (χ4v) is 5.10. The number of fused-ring (bicyclic) bond motifs is 1. The zero-order valence-electron chi connectivity index (χ0n) is 20.4. The summed E-state index contributed by atoms with van der Waals surface area (Å²) >= 11 is 0. The van der Waals surface area contributed by atoms with E-state index in [0.717, 1.165) is 36.5 Å². The van der Waals surface area contributed by atoms with Crippen molar-refractivity contribution in [1.29, 1.82) is 5.26 Å². The minimum Gasteiger partial charge on any atom is -0.508 e. The number of aromatic nitrogens is 1. The highest BCUT2D eigenvalue weighted by molar-refractivity contribution is 5.96. The molecule has 0 radical (unpaired) electrons. The molecular formula is C30H31N3O3. The standard InChI is InChI=1S/C30H31N3O3/c31-20-27-26-19-23(34)11-14-28(26)33(30(27)25-7-3-4-8-29(25)35)21-22-9-12-24(13-10-22)36-18-17-32-15-5-1-2-6-16-32/h3-4,7-14,19,34-35H,1-2,5-6,15-18,21H2. The molecule has 0 saturated carbocycles. The van der Waals surface area contributed by atoms with Crippen molar-refractivity contribution < 1.29 is 14.9 Å². The van der Waals surface area contributed by atoms with E-state index in [1.165, 1.54) is 25.7 Å². The maximum absolute atomic E-state index is 10.6. The average molecular weight is 482 g/mol. The third kappa shape index (κ3) is 5.02. The Balaban J connectivity index is 1.39. The van der Waals surface area contributed by atoms with Gasteiger partial charge >= 0.3 is 0 Å². The van der Waals surface area contributed by atoms with Gasteiger partial charge in [0.1, 0.15) is 29.9 Å². The molecule has 2 N–H and O–H groups in total. The fourth-order valence-electron chi connectivity index (χ4n) is 5.10. The van der Waals surface area contributed by atoms with Crippen LogP contribution in [0.4, 0.5) is 0 Å². The van der Waals surface area contributed by atoms with Crippen LogP contribution in [-0.4, -0.2) is 45.9 Å². The number of benzene rings is 3. The first-order valence-electron chi connectivity index (χ1n) is 12.6. The van der Waals surface area contributed by atoms with E-state index in [2.05, 4.69) is 11.0 Å². The predicted octanol–water partition coefficient (Wildman–Crippen LogP) is 5.89. The van der Waals surface area contributed by atoms with Crippen molar-refractivity contribution in [2.75, 3.05) is 26.2 Å². The zero-order valence-corrected chi connectivity index (χ0v) is 20.4. The summed E-state index contributed by atoms with van der Waals surface area (Å²) in [5.74, 6) is 1.05. The Morgan fingerprint density at radius 1 is 0.889 bits per heavy atom. The monoisotopic (exact) mass is 481 g/mol. The lowest BCUT2D eigenvalue weighted by Gasteiger charge is -2.19. The van der Waals surface area contributed by atoms with Gasteiger partial charge in [0.2, 0.25) is 0 Å². The molecule has 6 heteroatoms. The number of likely N-dealkylation sites (tertiary alicyclic amines) is 1. The second-order valence-electron chi connectivity index (χ2n) is 9.39. The van der Waals surface area contributed by atoms with Gasteiger partial charge in [-0.3, -0.25) is 4.90 Å². The molecule has 2 heterocycles. The number of hydrogen-bond acceptors (Lipinski definition) is 5. The zero-order chi connectivity index (χ0) is 24.9. The van der Waals surface area contributed by atoms with Gasteiger partial charge in [-0.1, -0.05) is 37.1 Å². The van der Waals surface area contributed by atoms with E-state index in [1.54, 1.807) is 24.3 Å². The van der Waals surface area contributed by atoms with E-state index >= 15 is 0 Å². The second kappa shape index (κ2) is 10.8. The van der Waals surface area contributed by atoms with Gasteiger partial charge in [-0.15, -0.1) is 0 Å². The third-order valence-corrected chi connectivity index (χ3v) is 6.96. The van der Waals surface area contributed by atoms with E-state index < -0.39 is 0 Å². The Hall–Kier alpha value is -3.95. The molecule has 1 aromatic heterocycles. The number of hydrogen-bond donors (Lipinski definition) is 2. The summed E-state index contributed by atoms with van der Waals surface area (Å²) < 4.78 is 8.04. The number of para-hydroxylation sites is 1. The number of phenolic OH excluding ortho intramolecular Hbond substituents is 2. The number of ether oxygens (including phenoxy) is 1. The molecule has 1 aliphatic rings.